The lowest BCUT2D eigenvalue weighted by atomic mass is 9.90. The highest BCUT2D eigenvalue weighted by molar-refractivity contribution is 5.89. The van der Waals surface area contributed by atoms with Gasteiger partial charge in [-0.15, -0.1) is 0 Å². The minimum absolute atomic E-state index is 0.0342. The van der Waals surface area contributed by atoms with Crippen LogP contribution < -0.4 is 10.1 Å². The van der Waals surface area contributed by atoms with Crippen LogP contribution in [0.2, 0.25) is 0 Å². The maximum atomic E-state index is 12.5. The molecule has 1 aromatic carbocycles. The highest BCUT2D eigenvalue weighted by Gasteiger charge is 2.48. The summed E-state index contributed by atoms with van der Waals surface area (Å²) in [6.07, 6.45) is 4.01. The highest BCUT2D eigenvalue weighted by Crippen LogP contribution is 2.40. The summed E-state index contributed by atoms with van der Waals surface area (Å²) in [7, 11) is 1.64. The molecule has 0 aromatic heterocycles. The van der Waals surface area contributed by atoms with E-state index < -0.39 is 0 Å². The normalized spacial score (nSPS) is 30.0. The number of piperidine rings is 1. The van der Waals surface area contributed by atoms with Crippen LogP contribution >= 0.6 is 0 Å². The van der Waals surface area contributed by atoms with Gasteiger partial charge in [0.1, 0.15) is 5.75 Å². The molecule has 3 heterocycles. The molecule has 0 bridgehead atoms. The van der Waals surface area contributed by atoms with Crippen LogP contribution in [0.4, 0.5) is 10.5 Å². The van der Waals surface area contributed by atoms with Crippen LogP contribution in [0.1, 0.15) is 19.3 Å². The van der Waals surface area contributed by atoms with E-state index in [4.69, 9.17) is 4.74 Å². The fourth-order valence-electron chi connectivity index (χ4n) is 4.60. The monoisotopic (exact) mass is 315 g/mol. The Labute approximate surface area is 137 Å². The number of carbonyl (C=O) groups excluding carboxylic acids is 1. The van der Waals surface area contributed by atoms with Crippen LogP contribution in [0.25, 0.3) is 0 Å². The molecule has 3 aliphatic rings. The highest BCUT2D eigenvalue weighted by atomic mass is 16.5. The minimum Gasteiger partial charge on any atom is -0.497 e. The predicted octanol–water partition coefficient (Wildman–Crippen LogP) is 2.64. The molecule has 0 radical (unpaired) electrons. The molecular weight excluding hydrogens is 290 g/mol. The molecule has 0 saturated carbocycles. The zero-order valence-electron chi connectivity index (χ0n) is 13.7. The molecule has 1 N–H and O–H groups in total. The first-order valence-corrected chi connectivity index (χ1v) is 8.68. The Hall–Kier alpha value is -1.75. The minimum atomic E-state index is 0.0342. The van der Waals surface area contributed by atoms with Gasteiger partial charge >= 0.3 is 6.03 Å². The van der Waals surface area contributed by atoms with Gasteiger partial charge in [-0.3, -0.25) is 4.90 Å². The van der Waals surface area contributed by atoms with Gasteiger partial charge in [-0.05, 0) is 55.5 Å². The van der Waals surface area contributed by atoms with Crippen LogP contribution in [-0.2, 0) is 0 Å². The van der Waals surface area contributed by atoms with E-state index in [9.17, 15) is 4.79 Å². The number of hydrogen-bond acceptors (Lipinski definition) is 3. The van der Waals surface area contributed by atoms with E-state index in [2.05, 4.69) is 10.2 Å². The van der Waals surface area contributed by atoms with E-state index in [1.54, 1.807) is 7.11 Å². The number of carbonyl (C=O) groups is 1. The zero-order chi connectivity index (χ0) is 15.8. The van der Waals surface area contributed by atoms with Crippen molar-refractivity contribution in [3.63, 3.8) is 0 Å². The van der Waals surface area contributed by atoms with Gasteiger partial charge in [0, 0.05) is 31.4 Å². The Morgan fingerprint density at radius 1 is 1.17 bits per heavy atom. The lowest BCUT2D eigenvalue weighted by molar-refractivity contribution is 0.157. The number of benzene rings is 1. The van der Waals surface area contributed by atoms with Gasteiger partial charge in [0.15, 0.2) is 0 Å². The Bertz CT molecular complexity index is 574. The molecule has 3 fully saturated rings. The molecule has 124 valence electrons. The summed E-state index contributed by atoms with van der Waals surface area (Å²) in [5, 5.41) is 3.01. The second-order valence-electron chi connectivity index (χ2n) is 7.05. The van der Waals surface area contributed by atoms with Gasteiger partial charge in [-0.1, -0.05) is 6.42 Å². The van der Waals surface area contributed by atoms with Crippen molar-refractivity contribution in [2.75, 3.05) is 38.6 Å². The third-order valence-electron chi connectivity index (χ3n) is 5.75. The van der Waals surface area contributed by atoms with Crippen LogP contribution in [0.15, 0.2) is 24.3 Å². The molecule has 3 atom stereocenters. The van der Waals surface area contributed by atoms with Crippen LogP contribution in [-0.4, -0.2) is 55.2 Å². The number of amides is 2. The molecule has 5 heteroatoms. The molecule has 0 aliphatic carbocycles. The van der Waals surface area contributed by atoms with Gasteiger partial charge in [0.05, 0.1) is 7.11 Å². The molecule has 5 nitrogen and oxygen atoms in total. The predicted molar refractivity (Wildman–Crippen MR) is 89.8 cm³/mol. The van der Waals surface area contributed by atoms with Crippen molar-refractivity contribution in [3.8, 4) is 5.75 Å². The van der Waals surface area contributed by atoms with Crippen LogP contribution in [0.3, 0.4) is 0 Å². The Balaban J connectivity index is 1.37. The van der Waals surface area contributed by atoms with Crippen LogP contribution in [0, 0.1) is 11.8 Å². The van der Waals surface area contributed by atoms with Crippen molar-refractivity contribution < 1.29 is 9.53 Å². The SMILES string of the molecule is COc1ccc(NC(=O)N2C[C@@H]3CN4CCCC[C@@H]4[C@@H]3C2)cc1. The summed E-state index contributed by atoms with van der Waals surface area (Å²) in [6.45, 7) is 4.25. The number of methoxy groups -OCH3 is 1. The molecule has 2 amide bonds. The molecule has 0 spiro atoms. The van der Waals surface area contributed by atoms with Crippen molar-refractivity contribution in [1.82, 2.24) is 9.80 Å². The van der Waals surface area contributed by atoms with Crippen molar-refractivity contribution >= 4 is 11.7 Å². The summed E-state index contributed by atoms with van der Waals surface area (Å²) in [5.41, 5.74) is 0.826. The van der Waals surface area contributed by atoms with Gasteiger partial charge in [-0.2, -0.15) is 0 Å². The quantitative estimate of drug-likeness (QED) is 0.912. The molecule has 0 unspecified atom stereocenters. The largest absolute Gasteiger partial charge is 0.497 e. The van der Waals surface area contributed by atoms with Crippen molar-refractivity contribution in [3.05, 3.63) is 24.3 Å². The average molecular weight is 315 g/mol. The lowest BCUT2D eigenvalue weighted by Gasteiger charge is -2.33. The summed E-state index contributed by atoms with van der Waals surface area (Å²) < 4.78 is 5.15. The summed E-state index contributed by atoms with van der Waals surface area (Å²) >= 11 is 0. The molecule has 3 saturated heterocycles. The molecule has 23 heavy (non-hydrogen) atoms. The summed E-state index contributed by atoms with van der Waals surface area (Å²) in [4.78, 5) is 17.2. The van der Waals surface area contributed by atoms with E-state index in [-0.39, 0.29) is 6.03 Å². The maximum absolute atomic E-state index is 12.5. The zero-order valence-corrected chi connectivity index (χ0v) is 13.7. The number of fused-ring (bicyclic) bond motifs is 3. The number of urea groups is 1. The maximum Gasteiger partial charge on any atom is 0.321 e. The number of anilines is 1. The number of rotatable bonds is 2. The topological polar surface area (TPSA) is 44.8 Å². The first-order valence-electron chi connectivity index (χ1n) is 8.68. The van der Waals surface area contributed by atoms with E-state index in [0.717, 1.165) is 24.5 Å². The fourth-order valence-corrected chi connectivity index (χ4v) is 4.60. The second-order valence-corrected chi connectivity index (χ2v) is 7.05. The van der Waals surface area contributed by atoms with Gasteiger partial charge in [-0.25, -0.2) is 4.79 Å². The summed E-state index contributed by atoms with van der Waals surface area (Å²) in [6, 6.07) is 8.26. The number of hydrogen-bond donors (Lipinski definition) is 1. The lowest BCUT2D eigenvalue weighted by Crippen LogP contribution is -2.41. The third kappa shape index (κ3) is 2.78. The average Bonchev–Trinajstić information content (AvgIpc) is 3.13. The van der Waals surface area contributed by atoms with Gasteiger partial charge in [0.25, 0.3) is 0 Å². The smallest absolute Gasteiger partial charge is 0.321 e. The Morgan fingerprint density at radius 3 is 2.78 bits per heavy atom. The standard InChI is InChI=1S/C18H25N3O2/c1-23-15-7-5-14(6-8-15)19-18(22)21-11-13-10-20-9-3-2-4-17(20)16(13)12-21/h5-8,13,16-17H,2-4,9-12H2,1H3,(H,19,22)/t13-,16+,17+/m0/s1. The fraction of sp³-hybridized carbons (Fsp3) is 0.611. The number of nitrogens with one attached hydrogen (secondary N) is 1. The molecule has 4 rings (SSSR count). The molecule has 3 aliphatic heterocycles. The summed E-state index contributed by atoms with van der Waals surface area (Å²) in [5.74, 6) is 2.15. The van der Waals surface area contributed by atoms with Crippen molar-refractivity contribution in [2.45, 2.75) is 25.3 Å². The van der Waals surface area contributed by atoms with E-state index >= 15 is 0 Å². The van der Waals surface area contributed by atoms with Gasteiger partial charge < -0.3 is 15.0 Å². The number of likely N-dealkylation sites (tertiary alicyclic amines) is 1. The van der Waals surface area contributed by atoms with Crippen molar-refractivity contribution in [1.29, 1.82) is 0 Å². The first-order chi connectivity index (χ1) is 11.2. The third-order valence-corrected chi connectivity index (χ3v) is 5.75. The first kappa shape index (κ1) is 14.8. The van der Waals surface area contributed by atoms with E-state index in [1.165, 1.54) is 32.4 Å². The Morgan fingerprint density at radius 2 is 2.00 bits per heavy atom. The molecule has 1 aromatic rings. The molecular formula is C18H25N3O2. The number of ether oxygens (including phenoxy) is 1. The van der Waals surface area contributed by atoms with E-state index in [1.807, 2.05) is 29.2 Å². The van der Waals surface area contributed by atoms with Crippen molar-refractivity contribution in [2.24, 2.45) is 11.8 Å². The second kappa shape index (κ2) is 6.04. The van der Waals surface area contributed by atoms with Gasteiger partial charge in [0.2, 0.25) is 0 Å². The number of nitrogens with zero attached hydrogens (tertiary/aromatic N) is 2. The Kier molecular flexibility index (Phi) is 3.89. The van der Waals surface area contributed by atoms with E-state index in [0.29, 0.717) is 17.9 Å². The van der Waals surface area contributed by atoms with Crippen LogP contribution in [0.5, 0.6) is 5.75 Å².